The molecule has 0 aromatic rings. The summed E-state index contributed by atoms with van der Waals surface area (Å²) in [5.41, 5.74) is 4.53. The maximum Gasteiger partial charge on any atom is 0.327 e. The van der Waals surface area contributed by atoms with E-state index < -0.39 is 11.8 Å². The summed E-state index contributed by atoms with van der Waals surface area (Å²) >= 11 is 0. The van der Waals surface area contributed by atoms with E-state index in [1.807, 2.05) is 0 Å². The van der Waals surface area contributed by atoms with Crippen LogP contribution in [0.25, 0.3) is 0 Å². The molecule has 3 aliphatic carbocycles. The highest BCUT2D eigenvalue weighted by atomic mass is 16.2. The predicted octanol–water partition coefficient (Wildman–Crippen LogP) is 0.239. The summed E-state index contributed by atoms with van der Waals surface area (Å²) in [5.74, 6) is 0.267. The Hall–Kier alpha value is -1.59. The zero-order valence-corrected chi connectivity index (χ0v) is 11.5. The molecule has 3 saturated carbocycles. The molecule has 0 aromatic carbocycles. The van der Waals surface area contributed by atoms with Crippen molar-refractivity contribution in [2.75, 3.05) is 0 Å². The van der Waals surface area contributed by atoms with Crippen LogP contribution in [0.2, 0.25) is 0 Å². The molecule has 0 aromatic heterocycles. The first-order valence-electron chi connectivity index (χ1n) is 7.51. The van der Waals surface area contributed by atoms with Crippen LogP contribution in [0.1, 0.15) is 44.9 Å². The van der Waals surface area contributed by atoms with E-state index in [4.69, 9.17) is 0 Å². The molecule has 3 amide bonds. The van der Waals surface area contributed by atoms with E-state index in [9.17, 15) is 14.4 Å². The van der Waals surface area contributed by atoms with Gasteiger partial charge in [-0.3, -0.25) is 25.2 Å². The number of rotatable bonds is 3. The lowest BCUT2D eigenvalue weighted by Crippen LogP contribution is -2.49. The Morgan fingerprint density at radius 3 is 2.30 bits per heavy atom. The summed E-state index contributed by atoms with van der Waals surface area (Å²) in [6.07, 6.45) is 7.23. The molecule has 20 heavy (non-hydrogen) atoms. The smallest absolute Gasteiger partial charge is 0.327 e. The first kappa shape index (κ1) is 13.4. The summed E-state index contributed by atoms with van der Waals surface area (Å²) in [6.45, 7) is 0. The molecular formula is C14H21N3O3. The summed E-state index contributed by atoms with van der Waals surface area (Å²) in [6, 6.07) is 0.137. The van der Waals surface area contributed by atoms with Gasteiger partial charge in [-0.25, -0.2) is 0 Å². The van der Waals surface area contributed by atoms with Crippen LogP contribution in [0.4, 0.5) is 0 Å². The highest BCUT2D eigenvalue weighted by Gasteiger charge is 2.40. The molecule has 3 atom stereocenters. The number of amides is 3. The fourth-order valence-electron chi connectivity index (χ4n) is 3.58. The summed E-state index contributed by atoms with van der Waals surface area (Å²) in [7, 11) is 0. The Morgan fingerprint density at radius 1 is 0.900 bits per heavy atom. The number of hydrogen-bond donors (Lipinski definition) is 3. The molecule has 0 heterocycles. The van der Waals surface area contributed by atoms with E-state index in [1.54, 1.807) is 0 Å². The number of hydrogen-bond acceptors (Lipinski definition) is 3. The Labute approximate surface area is 118 Å². The molecular weight excluding hydrogens is 258 g/mol. The van der Waals surface area contributed by atoms with Gasteiger partial charge < -0.3 is 5.32 Å². The lowest BCUT2D eigenvalue weighted by atomic mass is 9.86. The van der Waals surface area contributed by atoms with Gasteiger partial charge >= 0.3 is 11.8 Å². The molecule has 0 spiro atoms. The molecule has 0 unspecified atom stereocenters. The zero-order valence-electron chi connectivity index (χ0n) is 11.5. The molecule has 0 saturated heterocycles. The van der Waals surface area contributed by atoms with Crippen LogP contribution >= 0.6 is 0 Å². The quantitative estimate of drug-likeness (QED) is 0.511. The molecule has 0 aliphatic heterocycles. The highest BCUT2D eigenvalue weighted by Crippen LogP contribution is 2.49. The third-order valence-corrected chi connectivity index (χ3v) is 4.77. The lowest BCUT2D eigenvalue weighted by molar-refractivity contribution is -0.141. The van der Waals surface area contributed by atoms with Crippen LogP contribution in [0, 0.1) is 17.8 Å². The minimum absolute atomic E-state index is 0.137. The lowest BCUT2D eigenvalue weighted by Gasteiger charge is -2.20. The fraction of sp³-hybridized carbons (Fsp3) is 0.786. The van der Waals surface area contributed by atoms with E-state index in [1.165, 1.54) is 19.3 Å². The predicted molar refractivity (Wildman–Crippen MR) is 71.0 cm³/mol. The number of fused-ring (bicyclic) bond motifs is 2. The average Bonchev–Trinajstić information content (AvgIpc) is 2.99. The molecule has 3 rings (SSSR count). The monoisotopic (exact) mass is 279 g/mol. The zero-order chi connectivity index (χ0) is 14.1. The van der Waals surface area contributed by atoms with Crippen LogP contribution < -0.4 is 16.2 Å². The summed E-state index contributed by atoms with van der Waals surface area (Å²) in [4.78, 5) is 34.6. The van der Waals surface area contributed by atoms with Gasteiger partial charge in [-0.05, 0) is 49.9 Å². The van der Waals surface area contributed by atoms with Crippen LogP contribution in [-0.4, -0.2) is 23.8 Å². The molecule has 3 N–H and O–H groups in total. The van der Waals surface area contributed by atoms with E-state index in [0.29, 0.717) is 18.3 Å². The SMILES string of the molecule is O=C(C[C@@H]1C[C@H]2CC[C@@H]1C2)NNC(=O)C(=O)NC1CC1. The van der Waals surface area contributed by atoms with Gasteiger partial charge in [0.1, 0.15) is 0 Å². The van der Waals surface area contributed by atoms with E-state index in [2.05, 4.69) is 16.2 Å². The standard InChI is InChI=1S/C14H21N3O3/c18-12(7-10-6-8-1-2-9(10)5-8)16-17-14(20)13(19)15-11-3-4-11/h8-11H,1-7H2,(H,15,19)(H,16,18)(H,17,20)/t8-,9+,10-/m0/s1. The minimum atomic E-state index is -0.793. The Bertz CT molecular complexity index is 433. The van der Waals surface area contributed by atoms with Crippen molar-refractivity contribution >= 4 is 17.7 Å². The van der Waals surface area contributed by atoms with Crippen molar-refractivity contribution in [3.05, 3.63) is 0 Å². The second kappa shape index (κ2) is 5.42. The highest BCUT2D eigenvalue weighted by molar-refractivity contribution is 6.35. The number of hydrazine groups is 1. The van der Waals surface area contributed by atoms with Crippen molar-refractivity contribution in [1.82, 2.24) is 16.2 Å². The van der Waals surface area contributed by atoms with Gasteiger partial charge in [0, 0.05) is 12.5 Å². The Balaban J connectivity index is 1.36. The van der Waals surface area contributed by atoms with Gasteiger partial charge in [0.05, 0.1) is 0 Å². The minimum Gasteiger partial charge on any atom is -0.345 e. The number of carbonyl (C=O) groups excluding carboxylic acids is 3. The van der Waals surface area contributed by atoms with Crippen LogP contribution in [-0.2, 0) is 14.4 Å². The van der Waals surface area contributed by atoms with Crippen molar-refractivity contribution < 1.29 is 14.4 Å². The Kier molecular flexibility index (Phi) is 3.63. The van der Waals surface area contributed by atoms with Gasteiger partial charge in [0.15, 0.2) is 0 Å². The second-order valence-corrected chi connectivity index (χ2v) is 6.39. The van der Waals surface area contributed by atoms with Crippen molar-refractivity contribution in [2.45, 2.75) is 51.0 Å². The van der Waals surface area contributed by atoms with Crippen molar-refractivity contribution in [3.63, 3.8) is 0 Å². The van der Waals surface area contributed by atoms with Gasteiger partial charge in [0.25, 0.3) is 0 Å². The second-order valence-electron chi connectivity index (χ2n) is 6.39. The van der Waals surface area contributed by atoms with Crippen LogP contribution in [0.3, 0.4) is 0 Å². The molecule has 3 aliphatic rings. The normalized spacial score (nSPS) is 30.9. The van der Waals surface area contributed by atoms with Crippen molar-refractivity contribution in [3.8, 4) is 0 Å². The summed E-state index contributed by atoms with van der Waals surface area (Å²) in [5, 5.41) is 2.57. The first-order chi connectivity index (χ1) is 9.61. The van der Waals surface area contributed by atoms with Gasteiger partial charge in [-0.15, -0.1) is 0 Å². The number of carbonyl (C=O) groups is 3. The largest absolute Gasteiger partial charge is 0.345 e. The van der Waals surface area contributed by atoms with Gasteiger partial charge in [-0.1, -0.05) is 6.42 Å². The average molecular weight is 279 g/mol. The third kappa shape index (κ3) is 3.11. The Morgan fingerprint density at radius 2 is 1.70 bits per heavy atom. The van der Waals surface area contributed by atoms with Crippen molar-refractivity contribution in [1.29, 1.82) is 0 Å². The van der Waals surface area contributed by atoms with Crippen molar-refractivity contribution in [2.24, 2.45) is 17.8 Å². The van der Waals surface area contributed by atoms with E-state index in [0.717, 1.165) is 25.2 Å². The summed E-state index contributed by atoms with van der Waals surface area (Å²) < 4.78 is 0. The maximum atomic E-state index is 11.8. The molecule has 6 nitrogen and oxygen atoms in total. The van der Waals surface area contributed by atoms with E-state index >= 15 is 0 Å². The van der Waals surface area contributed by atoms with Crippen LogP contribution in [0.15, 0.2) is 0 Å². The maximum absolute atomic E-state index is 11.8. The van der Waals surface area contributed by atoms with Crippen LogP contribution in [0.5, 0.6) is 0 Å². The number of nitrogens with one attached hydrogen (secondary N) is 3. The van der Waals surface area contributed by atoms with Gasteiger partial charge in [-0.2, -0.15) is 0 Å². The molecule has 0 radical (unpaired) electrons. The fourth-order valence-corrected chi connectivity index (χ4v) is 3.58. The molecule has 2 bridgehead atoms. The third-order valence-electron chi connectivity index (χ3n) is 4.77. The molecule has 3 fully saturated rings. The topological polar surface area (TPSA) is 87.3 Å². The molecule has 6 heteroatoms. The van der Waals surface area contributed by atoms with Gasteiger partial charge in [0.2, 0.25) is 5.91 Å². The molecule has 110 valence electrons. The van der Waals surface area contributed by atoms with E-state index in [-0.39, 0.29) is 11.9 Å². The first-order valence-corrected chi connectivity index (χ1v) is 7.51.